The number of ether oxygens (including phenoxy) is 1. The van der Waals surface area contributed by atoms with E-state index in [0.29, 0.717) is 51.1 Å². The Hall–Kier alpha value is -5.67. The minimum absolute atomic E-state index is 0.000438. The van der Waals surface area contributed by atoms with E-state index in [-0.39, 0.29) is 48.8 Å². The van der Waals surface area contributed by atoms with Crippen LogP contribution in [0.25, 0.3) is 0 Å². The van der Waals surface area contributed by atoms with Crippen molar-refractivity contribution in [2.24, 2.45) is 11.3 Å². The molecule has 0 aliphatic carbocycles. The largest absolute Gasteiger partial charge is 0.465 e. The summed E-state index contributed by atoms with van der Waals surface area (Å²) in [5.74, 6) is -2.25. The number of alkyl carbamates (subject to hydrolysis) is 1. The van der Waals surface area contributed by atoms with Crippen LogP contribution in [0.1, 0.15) is 91.2 Å². The quantitative estimate of drug-likeness (QED) is 0.113. The van der Waals surface area contributed by atoms with Crippen LogP contribution in [0, 0.1) is 11.3 Å². The molecule has 2 aliphatic heterocycles. The lowest BCUT2D eigenvalue weighted by Gasteiger charge is -2.29. The van der Waals surface area contributed by atoms with Crippen molar-refractivity contribution in [3.05, 3.63) is 71.8 Å². The Morgan fingerprint density at radius 1 is 0.705 bits per heavy atom. The summed E-state index contributed by atoms with van der Waals surface area (Å²) < 4.78 is 5.33. The molecule has 2 saturated heterocycles. The Morgan fingerprint density at radius 3 is 1.70 bits per heavy atom. The standard InChI is InChI=1S/C45H65N7O9/c1-30(2)25-35(48-39(55)36(26-32-15-9-7-10-16-32)49-40(56)37(50-42(58)59)27-33-17-11-8-12-18-33)38(54)47-34(19-13-14-22-46-43(60)61-44(4,5)6)41(57)52-24-21-45(29-52)20-23-51(28-45)31(3)53/h7-12,15-18,30,34-37,50H,13-14,19-29H2,1-6H3,(H,46,60)(H,47,54)(H,48,55)(H,49,56)(H,58,59)/t34-,35-,36-,37-,45?/m1/s1. The van der Waals surface area contributed by atoms with E-state index in [1.54, 1.807) is 87.2 Å². The van der Waals surface area contributed by atoms with Crippen LogP contribution >= 0.6 is 0 Å². The monoisotopic (exact) mass is 847 g/mol. The van der Waals surface area contributed by atoms with Crippen LogP contribution in [0.2, 0.25) is 0 Å². The molecule has 2 fully saturated rings. The number of nitrogens with one attached hydrogen (secondary N) is 5. The smallest absolute Gasteiger partial charge is 0.407 e. The van der Waals surface area contributed by atoms with Crippen LogP contribution in [0.5, 0.6) is 0 Å². The van der Waals surface area contributed by atoms with Gasteiger partial charge < -0.3 is 46.2 Å². The van der Waals surface area contributed by atoms with Gasteiger partial charge in [-0.1, -0.05) is 74.5 Å². The molecule has 1 spiro atoms. The van der Waals surface area contributed by atoms with Crippen molar-refractivity contribution in [2.45, 2.75) is 123 Å². The fourth-order valence-electron chi connectivity index (χ4n) is 7.90. The third-order valence-corrected chi connectivity index (χ3v) is 11.0. The molecule has 0 aromatic heterocycles. The number of hydrogen-bond acceptors (Lipinski definition) is 8. The first-order valence-corrected chi connectivity index (χ1v) is 21.3. The summed E-state index contributed by atoms with van der Waals surface area (Å²) in [5.41, 5.74) is 0.571. The molecule has 16 heteroatoms. The molecule has 2 aliphatic rings. The first-order valence-electron chi connectivity index (χ1n) is 21.3. The SMILES string of the molecule is CC(=O)N1CCC2(CCN(C(=O)[C@@H](CCCCNC(=O)OC(C)(C)C)NC(=O)[C@@H](CC(C)C)NC(=O)[C@@H](Cc3ccccc3)NC(=O)[C@@H](Cc3ccccc3)NC(=O)O)C2)C1. The summed E-state index contributed by atoms with van der Waals surface area (Å²) >= 11 is 0. The Kier molecular flexibility index (Phi) is 17.5. The van der Waals surface area contributed by atoms with Crippen LogP contribution in [0.15, 0.2) is 60.7 Å². The third-order valence-electron chi connectivity index (χ3n) is 11.0. The number of rotatable bonds is 19. The maximum absolute atomic E-state index is 14.3. The number of hydrogen-bond donors (Lipinski definition) is 6. The van der Waals surface area contributed by atoms with Crippen molar-refractivity contribution in [1.82, 2.24) is 36.4 Å². The van der Waals surface area contributed by atoms with Gasteiger partial charge in [-0.2, -0.15) is 0 Å². The zero-order chi connectivity index (χ0) is 44.7. The van der Waals surface area contributed by atoms with Gasteiger partial charge in [-0.15, -0.1) is 0 Å². The molecule has 0 bridgehead atoms. The normalized spacial score (nSPS) is 18.1. The minimum Gasteiger partial charge on any atom is -0.465 e. The van der Waals surface area contributed by atoms with Gasteiger partial charge in [0.15, 0.2) is 0 Å². The van der Waals surface area contributed by atoms with Gasteiger partial charge >= 0.3 is 12.2 Å². The second kappa shape index (κ2) is 22.3. The zero-order valence-electron chi connectivity index (χ0n) is 36.5. The highest BCUT2D eigenvalue weighted by molar-refractivity contribution is 5.95. The van der Waals surface area contributed by atoms with Gasteiger partial charge in [0, 0.05) is 57.9 Å². The van der Waals surface area contributed by atoms with Gasteiger partial charge in [-0.05, 0) is 76.3 Å². The van der Waals surface area contributed by atoms with Crippen LogP contribution in [-0.4, -0.2) is 119 Å². The average molecular weight is 848 g/mol. The fourth-order valence-corrected chi connectivity index (χ4v) is 7.90. The van der Waals surface area contributed by atoms with Gasteiger partial charge in [0.25, 0.3) is 0 Å². The Bertz CT molecular complexity index is 1820. The van der Waals surface area contributed by atoms with E-state index in [4.69, 9.17) is 4.74 Å². The highest BCUT2D eigenvalue weighted by atomic mass is 16.6. The lowest BCUT2D eigenvalue weighted by Crippen LogP contribution is -2.59. The summed E-state index contributed by atoms with van der Waals surface area (Å²) in [6.07, 6.45) is 1.12. The van der Waals surface area contributed by atoms with Gasteiger partial charge in [-0.3, -0.25) is 24.0 Å². The lowest BCUT2D eigenvalue weighted by molar-refractivity contribution is -0.137. The number of benzene rings is 2. The van der Waals surface area contributed by atoms with Crippen molar-refractivity contribution in [3.63, 3.8) is 0 Å². The predicted molar refractivity (Wildman–Crippen MR) is 229 cm³/mol. The molecule has 0 saturated carbocycles. The molecule has 61 heavy (non-hydrogen) atoms. The van der Waals surface area contributed by atoms with E-state index in [2.05, 4.69) is 26.6 Å². The maximum atomic E-state index is 14.3. The minimum atomic E-state index is -1.40. The van der Waals surface area contributed by atoms with E-state index >= 15 is 0 Å². The average Bonchev–Trinajstić information content (AvgIpc) is 3.82. The molecule has 2 aromatic carbocycles. The third kappa shape index (κ3) is 15.7. The van der Waals surface area contributed by atoms with Crippen LogP contribution in [-0.2, 0) is 41.6 Å². The van der Waals surface area contributed by atoms with E-state index in [1.807, 2.05) is 24.8 Å². The fraction of sp³-hybridized carbons (Fsp3) is 0.578. The summed E-state index contributed by atoms with van der Waals surface area (Å²) in [4.78, 5) is 96.2. The van der Waals surface area contributed by atoms with Crippen molar-refractivity contribution in [1.29, 1.82) is 0 Å². The van der Waals surface area contributed by atoms with E-state index in [9.17, 15) is 38.7 Å². The highest BCUT2D eigenvalue weighted by Gasteiger charge is 2.46. The van der Waals surface area contributed by atoms with Gasteiger partial charge in [0.2, 0.25) is 29.5 Å². The predicted octanol–water partition coefficient (Wildman–Crippen LogP) is 3.77. The molecular formula is C45H65N7O9. The first-order chi connectivity index (χ1) is 28.8. The van der Waals surface area contributed by atoms with Crippen LogP contribution in [0.4, 0.5) is 9.59 Å². The number of likely N-dealkylation sites (tertiary alicyclic amines) is 2. The molecule has 2 heterocycles. The second-order valence-corrected chi connectivity index (χ2v) is 17.8. The van der Waals surface area contributed by atoms with Gasteiger partial charge in [0.05, 0.1) is 0 Å². The molecule has 334 valence electrons. The summed E-state index contributed by atoms with van der Waals surface area (Å²) in [5, 5.41) is 23.1. The van der Waals surface area contributed by atoms with Gasteiger partial charge in [-0.25, -0.2) is 9.59 Å². The molecule has 7 amide bonds. The summed E-state index contributed by atoms with van der Waals surface area (Å²) in [6, 6.07) is 13.5. The highest BCUT2D eigenvalue weighted by Crippen LogP contribution is 2.39. The number of carbonyl (C=O) groups excluding carboxylic acids is 6. The molecule has 6 N–H and O–H groups in total. The summed E-state index contributed by atoms with van der Waals surface area (Å²) in [6.45, 7) is 13.1. The number of unbranched alkanes of at least 4 members (excludes halogenated alkanes) is 1. The Labute approximate surface area is 359 Å². The van der Waals surface area contributed by atoms with Crippen LogP contribution in [0.3, 0.4) is 0 Å². The molecule has 16 nitrogen and oxygen atoms in total. The Balaban J connectivity index is 1.52. The molecule has 1 unspecified atom stereocenters. The number of amides is 7. The van der Waals surface area contributed by atoms with Crippen molar-refractivity contribution in [2.75, 3.05) is 32.7 Å². The number of carbonyl (C=O) groups is 7. The van der Waals surface area contributed by atoms with Crippen LogP contribution < -0.4 is 26.6 Å². The second-order valence-electron chi connectivity index (χ2n) is 17.8. The lowest BCUT2D eigenvalue weighted by atomic mass is 9.86. The van der Waals surface area contributed by atoms with E-state index in [0.717, 1.165) is 18.4 Å². The van der Waals surface area contributed by atoms with Gasteiger partial charge in [0.1, 0.15) is 29.8 Å². The van der Waals surface area contributed by atoms with E-state index in [1.165, 1.54) is 0 Å². The topological polar surface area (TPSA) is 216 Å². The molecule has 5 atom stereocenters. The maximum Gasteiger partial charge on any atom is 0.407 e. The molecular weight excluding hydrogens is 783 g/mol. The summed E-state index contributed by atoms with van der Waals surface area (Å²) in [7, 11) is 0. The van der Waals surface area contributed by atoms with Crippen molar-refractivity contribution >= 4 is 41.7 Å². The Morgan fingerprint density at radius 2 is 1.20 bits per heavy atom. The van der Waals surface area contributed by atoms with Crippen molar-refractivity contribution in [3.8, 4) is 0 Å². The first kappa shape index (κ1) is 48.0. The number of nitrogens with zero attached hydrogens (tertiary/aromatic N) is 2. The number of carboxylic acid groups (broad SMARTS) is 1. The van der Waals surface area contributed by atoms with Crippen molar-refractivity contribution < 1.29 is 43.4 Å². The zero-order valence-corrected chi connectivity index (χ0v) is 36.5. The molecule has 0 radical (unpaired) electrons. The molecule has 2 aromatic rings. The van der Waals surface area contributed by atoms with E-state index < -0.39 is 59.7 Å². The molecule has 4 rings (SSSR count).